The molecule has 4 aliphatic rings. The molecular formula is C28H48O. The van der Waals surface area contributed by atoms with Crippen molar-refractivity contribution in [3.05, 3.63) is 12.2 Å². The Morgan fingerprint density at radius 3 is 2.21 bits per heavy atom. The maximum Gasteiger partial charge on any atom is 0.0543 e. The van der Waals surface area contributed by atoms with Gasteiger partial charge in [-0.3, -0.25) is 0 Å². The number of aliphatic hydroxyl groups excluding tert-OH is 1. The van der Waals surface area contributed by atoms with Crippen LogP contribution in [0, 0.1) is 58.2 Å². The second kappa shape index (κ2) is 7.99. The van der Waals surface area contributed by atoms with Crippen molar-refractivity contribution in [1.29, 1.82) is 0 Å². The third-order valence-electron chi connectivity index (χ3n) is 11.1. The van der Waals surface area contributed by atoms with E-state index < -0.39 is 0 Å². The maximum absolute atomic E-state index is 10.3. The van der Waals surface area contributed by atoms with Gasteiger partial charge in [-0.25, -0.2) is 0 Å². The van der Waals surface area contributed by atoms with E-state index >= 15 is 0 Å². The molecule has 1 N–H and O–H groups in total. The van der Waals surface area contributed by atoms with Gasteiger partial charge < -0.3 is 5.11 Å². The molecule has 0 radical (unpaired) electrons. The summed E-state index contributed by atoms with van der Waals surface area (Å²) < 4.78 is 0. The van der Waals surface area contributed by atoms with Gasteiger partial charge in [-0.2, -0.15) is 0 Å². The molecule has 0 spiro atoms. The Labute approximate surface area is 181 Å². The molecule has 1 heteroatoms. The van der Waals surface area contributed by atoms with Crippen LogP contribution in [0.5, 0.6) is 0 Å². The number of allylic oxidation sites excluding steroid dienone is 2. The van der Waals surface area contributed by atoms with Crippen molar-refractivity contribution in [2.24, 2.45) is 58.2 Å². The molecule has 6 unspecified atom stereocenters. The van der Waals surface area contributed by atoms with E-state index in [1.54, 1.807) is 0 Å². The fraction of sp³-hybridized carbons (Fsp3) is 0.929. The summed E-state index contributed by atoms with van der Waals surface area (Å²) in [6.45, 7) is 14.9. The quantitative estimate of drug-likeness (QED) is 0.485. The van der Waals surface area contributed by atoms with Gasteiger partial charge in [0, 0.05) is 0 Å². The molecule has 0 aliphatic heterocycles. The van der Waals surface area contributed by atoms with Gasteiger partial charge in [0.1, 0.15) is 0 Å². The van der Waals surface area contributed by atoms with Crippen LogP contribution in [0.3, 0.4) is 0 Å². The first-order valence-electron chi connectivity index (χ1n) is 13.0. The highest BCUT2D eigenvalue weighted by Crippen LogP contribution is 2.68. The highest BCUT2D eigenvalue weighted by molar-refractivity contribution is 5.11. The van der Waals surface area contributed by atoms with Gasteiger partial charge in [-0.15, -0.1) is 0 Å². The zero-order valence-electron chi connectivity index (χ0n) is 20.2. The molecule has 0 aromatic rings. The molecule has 166 valence electrons. The van der Waals surface area contributed by atoms with E-state index in [2.05, 4.69) is 53.7 Å². The minimum absolute atomic E-state index is 0.0183. The Hall–Kier alpha value is -0.300. The Balaban J connectivity index is 1.50. The molecular weight excluding hydrogens is 352 g/mol. The first-order chi connectivity index (χ1) is 13.7. The lowest BCUT2D eigenvalue weighted by Crippen LogP contribution is -2.54. The second-order valence-electron chi connectivity index (χ2n) is 12.7. The van der Waals surface area contributed by atoms with Gasteiger partial charge in [0.15, 0.2) is 0 Å². The van der Waals surface area contributed by atoms with Crippen LogP contribution in [0.25, 0.3) is 0 Å². The minimum Gasteiger partial charge on any atom is -0.393 e. The topological polar surface area (TPSA) is 20.2 Å². The second-order valence-corrected chi connectivity index (χ2v) is 12.7. The van der Waals surface area contributed by atoms with Crippen LogP contribution in [-0.4, -0.2) is 11.2 Å². The van der Waals surface area contributed by atoms with Gasteiger partial charge >= 0.3 is 0 Å². The van der Waals surface area contributed by atoms with E-state index in [-0.39, 0.29) is 6.10 Å². The first-order valence-corrected chi connectivity index (χ1v) is 13.0. The van der Waals surface area contributed by atoms with Gasteiger partial charge in [0.25, 0.3) is 0 Å². The van der Waals surface area contributed by atoms with Gasteiger partial charge in [0.05, 0.1) is 6.10 Å². The van der Waals surface area contributed by atoms with Gasteiger partial charge in [-0.05, 0) is 116 Å². The van der Waals surface area contributed by atoms with E-state index in [4.69, 9.17) is 0 Å². The highest BCUT2D eigenvalue weighted by atomic mass is 16.3. The SMILES string of the molecule is CC(C)[C@@H](C)C=C[C@@H](C)C1CCC2C3CCC4CC(O)CC[C@]4(C)C3CC[C@@]21C. The highest BCUT2D eigenvalue weighted by Gasteiger charge is 2.60. The molecule has 4 fully saturated rings. The van der Waals surface area contributed by atoms with Crippen molar-refractivity contribution in [2.75, 3.05) is 0 Å². The third-order valence-corrected chi connectivity index (χ3v) is 11.1. The van der Waals surface area contributed by atoms with Crippen molar-refractivity contribution in [3.63, 3.8) is 0 Å². The zero-order valence-corrected chi connectivity index (χ0v) is 20.2. The molecule has 10 atom stereocenters. The Morgan fingerprint density at radius 2 is 1.48 bits per heavy atom. The first kappa shape index (κ1) is 21.9. The zero-order chi connectivity index (χ0) is 21.0. The molecule has 0 amide bonds. The summed E-state index contributed by atoms with van der Waals surface area (Å²) in [6, 6.07) is 0. The lowest BCUT2D eigenvalue weighted by Gasteiger charge is -2.61. The summed E-state index contributed by atoms with van der Waals surface area (Å²) >= 11 is 0. The van der Waals surface area contributed by atoms with Crippen LogP contribution in [0.15, 0.2) is 12.2 Å². The largest absolute Gasteiger partial charge is 0.393 e. The van der Waals surface area contributed by atoms with E-state index in [1.165, 1.54) is 44.9 Å². The molecule has 4 saturated carbocycles. The molecule has 1 nitrogen and oxygen atoms in total. The third kappa shape index (κ3) is 3.66. The van der Waals surface area contributed by atoms with E-state index in [1.807, 2.05) is 0 Å². The normalized spacial score (nSPS) is 49.5. The maximum atomic E-state index is 10.3. The van der Waals surface area contributed by atoms with Gasteiger partial charge in [-0.1, -0.05) is 53.7 Å². The average Bonchev–Trinajstić information content (AvgIpc) is 3.03. The number of fused-ring (bicyclic) bond motifs is 5. The smallest absolute Gasteiger partial charge is 0.0543 e. The number of hydrogen-bond donors (Lipinski definition) is 1. The predicted molar refractivity (Wildman–Crippen MR) is 124 cm³/mol. The Bertz CT molecular complexity index is 607. The molecule has 0 bridgehead atoms. The van der Waals surface area contributed by atoms with E-state index in [0.717, 1.165) is 54.3 Å². The number of hydrogen-bond acceptors (Lipinski definition) is 1. The molecule has 0 heterocycles. The van der Waals surface area contributed by atoms with Crippen molar-refractivity contribution in [3.8, 4) is 0 Å². The molecule has 4 rings (SSSR count). The molecule has 4 aliphatic carbocycles. The summed E-state index contributed by atoms with van der Waals surface area (Å²) in [4.78, 5) is 0. The molecule has 0 aromatic heterocycles. The Kier molecular flexibility index (Phi) is 6.04. The lowest BCUT2D eigenvalue weighted by molar-refractivity contribution is -0.128. The van der Waals surface area contributed by atoms with Crippen LogP contribution in [0.1, 0.15) is 99.3 Å². The summed E-state index contributed by atoms with van der Waals surface area (Å²) in [5, 5.41) is 10.3. The average molecular weight is 401 g/mol. The van der Waals surface area contributed by atoms with E-state index in [0.29, 0.717) is 16.7 Å². The number of rotatable bonds is 4. The summed E-state index contributed by atoms with van der Waals surface area (Å²) in [7, 11) is 0. The van der Waals surface area contributed by atoms with Crippen LogP contribution < -0.4 is 0 Å². The van der Waals surface area contributed by atoms with Crippen molar-refractivity contribution in [2.45, 2.75) is 105 Å². The van der Waals surface area contributed by atoms with Crippen LogP contribution in [0.4, 0.5) is 0 Å². The molecule has 0 saturated heterocycles. The fourth-order valence-corrected chi connectivity index (χ4v) is 8.85. The summed E-state index contributed by atoms with van der Waals surface area (Å²) in [6.07, 6.45) is 17.1. The Morgan fingerprint density at radius 1 is 0.793 bits per heavy atom. The molecule has 0 aromatic carbocycles. The van der Waals surface area contributed by atoms with Gasteiger partial charge in [0.2, 0.25) is 0 Å². The van der Waals surface area contributed by atoms with Crippen molar-refractivity contribution < 1.29 is 5.11 Å². The number of aliphatic hydroxyl groups is 1. The van der Waals surface area contributed by atoms with Crippen LogP contribution >= 0.6 is 0 Å². The predicted octanol–water partition coefficient (Wildman–Crippen LogP) is 7.49. The van der Waals surface area contributed by atoms with E-state index in [9.17, 15) is 5.11 Å². The summed E-state index contributed by atoms with van der Waals surface area (Å²) in [5.74, 6) is 6.66. The van der Waals surface area contributed by atoms with Crippen molar-refractivity contribution >= 4 is 0 Å². The van der Waals surface area contributed by atoms with Crippen LogP contribution in [-0.2, 0) is 0 Å². The lowest BCUT2D eigenvalue weighted by atomic mass is 9.44. The monoisotopic (exact) mass is 400 g/mol. The standard InChI is InChI=1S/C28H48O/c1-18(2)19(3)7-8-20(4)24-11-12-25-23-10-9-21-17-22(29)13-15-27(21,5)26(23)14-16-28(24,25)6/h7-8,18-26,29H,9-17H2,1-6H3/t19-,20+,21?,22?,23?,24?,25?,26?,27-,28+/m0/s1. The molecule has 29 heavy (non-hydrogen) atoms. The minimum atomic E-state index is -0.0183. The summed E-state index contributed by atoms with van der Waals surface area (Å²) in [5.41, 5.74) is 1.07. The fourth-order valence-electron chi connectivity index (χ4n) is 8.85. The van der Waals surface area contributed by atoms with Crippen LogP contribution in [0.2, 0.25) is 0 Å². The van der Waals surface area contributed by atoms with Crippen molar-refractivity contribution in [1.82, 2.24) is 0 Å².